The van der Waals surface area contributed by atoms with Gasteiger partial charge in [0.25, 0.3) is 5.91 Å². The molecule has 2 aromatic carbocycles. The van der Waals surface area contributed by atoms with Gasteiger partial charge < -0.3 is 15.0 Å². The van der Waals surface area contributed by atoms with Crippen LogP contribution in [-0.2, 0) is 4.79 Å². The van der Waals surface area contributed by atoms with Gasteiger partial charge in [0.2, 0.25) is 5.91 Å². The number of hydrogen-bond donors (Lipinski definition) is 1. The Morgan fingerprint density at radius 2 is 1.67 bits per heavy atom. The molecule has 0 saturated heterocycles. The number of nitrogens with one attached hydrogen (secondary N) is 1. The van der Waals surface area contributed by atoms with E-state index >= 15 is 0 Å². The lowest BCUT2D eigenvalue weighted by molar-refractivity contribution is -0.124. The van der Waals surface area contributed by atoms with E-state index in [2.05, 4.69) is 5.32 Å². The highest BCUT2D eigenvalue weighted by atomic mass is 16.5. The predicted molar refractivity (Wildman–Crippen MR) is 117 cm³/mol. The second-order valence-corrected chi connectivity index (χ2v) is 8.40. The van der Waals surface area contributed by atoms with Crippen molar-refractivity contribution >= 4 is 11.8 Å². The van der Waals surface area contributed by atoms with Crippen molar-refractivity contribution in [2.24, 2.45) is 0 Å². The third-order valence-electron chi connectivity index (χ3n) is 6.52. The maximum Gasteiger partial charge on any atom is 0.254 e. The van der Waals surface area contributed by atoms with E-state index in [0.29, 0.717) is 5.56 Å². The lowest BCUT2D eigenvalue weighted by Gasteiger charge is -2.40. The molecule has 30 heavy (non-hydrogen) atoms. The summed E-state index contributed by atoms with van der Waals surface area (Å²) < 4.78 is 5.29. The summed E-state index contributed by atoms with van der Waals surface area (Å²) in [4.78, 5) is 28.4. The molecular formula is C25H30N2O3. The van der Waals surface area contributed by atoms with Gasteiger partial charge in [-0.2, -0.15) is 0 Å². The number of nitrogens with zero attached hydrogens (tertiary/aromatic N) is 1. The number of methoxy groups -OCH3 is 1. The average Bonchev–Trinajstić information content (AvgIpc) is 3.04. The third-order valence-corrected chi connectivity index (χ3v) is 6.52. The third kappa shape index (κ3) is 3.93. The first kappa shape index (κ1) is 20.5. The van der Waals surface area contributed by atoms with E-state index in [9.17, 15) is 9.59 Å². The molecule has 0 spiro atoms. The number of ether oxygens (including phenoxy) is 1. The summed E-state index contributed by atoms with van der Waals surface area (Å²) in [5.41, 5.74) is 2.36. The molecule has 1 aliphatic carbocycles. The molecule has 0 bridgehead atoms. The molecule has 0 radical (unpaired) electrons. The van der Waals surface area contributed by atoms with Crippen LogP contribution in [0.15, 0.2) is 48.5 Å². The number of rotatable bonds is 4. The summed E-state index contributed by atoms with van der Waals surface area (Å²) in [7, 11) is 3.42. The van der Waals surface area contributed by atoms with E-state index in [-0.39, 0.29) is 23.9 Å². The molecule has 5 heteroatoms. The molecule has 0 aromatic heterocycles. The van der Waals surface area contributed by atoms with Crippen LogP contribution >= 0.6 is 0 Å². The van der Waals surface area contributed by atoms with Gasteiger partial charge in [-0.3, -0.25) is 9.59 Å². The molecule has 1 fully saturated rings. The second-order valence-electron chi connectivity index (χ2n) is 8.40. The summed E-state index contributed by atoms with van der Waals surface area (Å²) in [5, 5.41) is 3.33. The molecule has 2 aliphatic rings. The van der Waals surface area contributed by atoms with Crippen LogP contribution in [0, 0.1) is 0 Å². The number of fused-ring (bicyclic) bond motifs is 1. The highest BCUT2D eigenvalue weighted by Crippen LogP contribution is 2.42. The Morgan fingerprint density at radius 3 is 2.33 bits per heavy atom. The Labute approximate surface area is 178 Å². The first-order valence-electron chi connectivity index (χ1n) is 10.9. The van der Waals surface area contributed by atoms with Crippen molar-refractivity contribution < 1.29 is 14.3 Å². The summed E-state index contributed by atoms with van der Waals surface area (Å²) in [6, 6.07) is 15.0. The van der Waals surface area contributed by atoms with E-state index in [0.717, 1.165) is 42.6 Å². The minimum atomic E-state index is -0.444. The monoisotopic (exact) mass is 406 g/mol. The minimum Gasteiger partial charge on any atom is -0.497 e. The largest absolute Gasteiger partial charge is 0.497 e. The fourth-order valence-electron chi connectivity index (χ4n) is 4.89. The molecule has 2 amide bonds. The smallest absolute Gasteiger partial charge is 0.254 e. The van der Waals surface area contributed by atoms with Crippen molar-refractivity contribution in [3.8, 4) is 5.75 Å². The summed E-state index contributed by atoms with van der Waals surface area (Å²) >= 11 is 0. The van der Waals surface area contributed by atoms with Gasteiger partial charge in [0.05, 0.1) is 19.1 Å². The number of carbonyl (C=O) groups is 2. The summed E-state index contributed by atoms with van der Waals surface area (Å²) in [6.07, 6.45) is 6.86. The zero-order valence-electron chi connectivity index (χ0n) is 17.8. The van der Waals surface area contributed by atoms with E-state index in [1.807, 2.05) is 48.5 Å². The van der Waals surface area contributed by atoms with Crippen LogP contribution in [0.25, 0.3) is 0 Å². The molecule has 2 aromatic rings. The molecule has 4 rings (SSSR count). The maximum atomic E-state index is 13.6. The van der Waals surface area contributed by atoms with Crippen LogP contribution in [0.3, 0.4) is 0 Å². The van der Waals surface area contributed by atoms with Gasteiger partial charge >= 0.3 is 0 Å². The average molecular weight is 407 g/mol. The Hall–Kier alpha value is -2.82. The first-order chi connectivity index (χ1) is 14.6. The molecule has 0 unspecified atom stereocenters. The van der Waals surface area contributed by atoms with Crippen LogP contribution < -0.4 is 10.1 Å². The highest BCUT2D eigenvalue weighted by molar-refractivity contribution is 6.01. The van der Waals surface area contributed by atoms with Gasteiger partial charge in [-0.25, -0.2) is 0 Å². The maximum absolute atomic E-state index is 13.6. The van der Waals surface area contributed by atoms with E-state index < -0.39 is 5.92 Å². The number of likely N-dealkylation sites (N-methyl/N-ethyl adjacent to an activating group) is 1. The second kappa shape index (κ2) is 8.90. The van der Waals surface area contributed by atoms with Gasteiger partial charge in [-0.1, -0.05) is 56.0 Å². The Balaban J connectivity index is 1.72. The Bertz CT molecular complexity index is 901. The quantitative estimate of drug-likeness (QED) is 0.764. The zero-order valence-corrected chi connectivity index (χ0v) is 17.8. The first-order valence-corrected chi connectivity index (χ1v) is 10.9. The fourth-order valence-corrected chi connectivity index (χ4v) is 4.89. The number of amides is 2. The van der Waals surface area contributed by atoms with Crippen LogP contribution in [0.2, 0.25) is 0 Å². The van der Waals surface area contributed by atoms with Crippen LogP contribution in [-0.4, -0.2) is 36.9 Å². The van der Waals surface area contributed by atoms with E-state index in [1.54, 1.807) is 19.1 Å². The van der Waals surface area contributed by atoms with Gasteiger partial charge in [-0.15, -0.1) is 0 Å². The normalized spacial score (nSPS) is 22.2. The molecule has 1 saturated carbocycles. The number of benzene rings is 2. The van der Waals surface area contributed by atoms with Gasteiger partial charge in [0.15, 0.2) is 0 Å². The minimum absolute atomic E-state index is 0.00881. The molecule has 158 valence electrons. The molecule has 5 nitrogen and oxygen atoms in total. The van der Waals surface area contributed by atoms with Crippen molar-refractivity contribution in [3.63, 3.8) is 0 Å². The molecule has 1 heterocycles. The molecular weight excluding hydrogens is 376 g/mol. The van der Waals surface area contributed by atoms with Gasteiger partial charge in [-0.05, 0) is 42.2 Å². The van der Waals surface area contributed by atoms with Crippen LogP contribution in [0.4, 0.5) is 0 Å². The van der Waals surface area contributed by atoms with Crippen molar-refractivity contribution in [3.05, 3.63) is 65.2 Å². The molecule has 1 N–H and O–H groups in total. The Morgan fingerprint density at radius 1 is 1.00 bits per heavy atom. The highest BCUT2D eigenvalue weighted by Gasteiger charge is 2.42. The zero-order chi connectivity index (χ0) is 21.1. The fraction of sp³-hybridized carbons (Fsp3) is 0.440. The van der Waals surface area contributed by atoms with E-state index in [4.69, 9.17) is 4.74 Å². The topological polar surface area (TPSA) is 58.6 Å². The summed E-state index contributed by atoms with van der Waals surface area (Å²) in [5.74, 6) is 0.267. The van der Waals surface area contributed by atoms with Crippen molar-refractivity contribution in [2.45, 2.75) is 56.5 Å². The van der Waals surface area contributed by atoms with Crippen molar-refractivity contribution in [1.29, 1.82) is 0 Å². The van der Waals surface area contributed by atoms with Gasteiger partial charge in [0, 0.05) is 18.7 Å². The predicted octanol–water partition coefficient (Wildman–Crippen LogP) is 4.44. The Kier molecular flexibility index (Phi) is 6.07. The molecule has 1 aliphatic heterocycles. The SMILES string of the molecule is COc1ccc([C@H]2[C@H](C(=O)NC3CCCCCC3)c3ccccc3C(=O)N2C)cc1. The number of hydrogen-bond acceptors (Lipinski definition) is 3. The standard InChI is InChI=1S/C25H30N2O3/c1-27-23(17-13-15-19(30-2)16-14-17)22(20-11-7-8-12-21(20)25(27)29)24(28)26-18-9-5-3-4-6-10-18/h7-8,11-16,18,22-23H,3-6,9-10H2,1-2H3,(H,26,28)/t22-,23+/m1/s1. The van der Waals surface area contributed by atoms with E-state index in [1.165, 1.54) is 12.8 Å². The lowest BCUT2D eigenvalue weighted by Crippen LogP contribution is -2.47. The summed E-state index contributed by atoms with van der Waals surface area (Å²) in [6.45, 7) is 0. The van der Waals surface area contributed by atoms with Crippen molar-refractivity contribution in [1.82, 2.24) is 10.2 Å². The van der Waals surface area contributed by atoms with Crippen molar-refractivity contribution in [2.75, 3.05) is 14.2 Å². The van der Waals surface area contributed by atoms with Gasteiger partial charge in [0.1, 0.15) is 5.75 Å². The molecule has 2 atom stereocenters. The number of carbonyl (C=O) groups excluding carboxylic acids is 2. The van der Waals surface area contributed by atoms with Crippen LogP contribution in [0.5, 0.6) is 5.75 Å². The lowest BCUT2D eigenvalue weighted by atomic mass is 9.79. The van der Waals surface area contributed by atoms with Crippen LogP contribution in [0.1, 0.15) is 72.0 Å².